The third-order valence-electron chi connectivity index (χ3n) is 4.26. The zero-order valence-electron chi connectivity index (χ0n) is 15.4. The maximum atomic E-state index is 10.4. The Balaban J connectivity index is 1.91. The van der Waals surface area contributed by atoms with Gasteiger partial charge in [-0.25, -0.2) is 0 Å². The zero-order valence-corrected chi connectivity index (χ0v) is 15.4. The molecular formula is C21H29NO3. The fourth-order valence-electron chi connectivity index (χ4n) is 2.74. The minimum atomic E-state index is -0.555. The number of rotatable bonds is 10. The van der Waals surface area contributed by atoms with E-state index < -0.39 is 6.10 Å². The van der Waals surface area contributed by atoms with Crippen molar-refractivity contribution in [3.8, 4) is 5.75 Å². The largest absolute Gasteiger partial charge is 0.491 e. The molecule has 0 saturated carbocycles. The van der Waals surface area contributed by atoms with Gasteiger partial charge in [-0.15, -0.1) is 0 Å². The van der Waals surface area contributed by atoms with Gasteiger partial charge in [0.25, 0.3) is 0 Å². The molecule has 0 fully saturated rings. The fraction of sp³-hybridized carbons (Fsp3) is 0.429. The summed E-state index contributed by atoms with van der Waals surface area (Å²) in [5.41, 5.74) is 3.60. The highest BCUT2D eigenvalue weighted by Gasteiger charge is 2.14. The molecule has 0 aliphatic heterocycles. The lowest BCUT2D eigenvalue weighted by atomic mass is 10.1. The first-order valence-corrected chi connectivity index (χ1v) is 8.72. The van der Waals surface area contributed by atoms with Gasteiger partial charge >= 0.3 is 0 Å². The van der Waals surface area contributed by atoms with Crippen molar-refractivity contribution in [3.05, 3.63) is 65.2 Å². The van der Waals surface area contributed by atoms with E-state index in [0.29, 0.717) is 13.2 Å². The van der Waals surface area contributed by atoms with Crippen LogP contribution >= 0.6 is 0 Å². The van der Waals surface area contributed by atoms with Crippen LogP contribution < -0.4 is 4.74 Å². The Bertz CT molecular complexity index is 645. The van der Waals surface area contributed by atoms with Gasteiger partial charge in [0.15, 0.2) is 0 Å². The van der Waals surface area contributed by atoms with Gasteiger partial charge in [0.2, 0.25) is 0 Å². The van der Waals surface area contributed by atoms with Gasteiger partial charge in [-0.1, -0.05) is 42.5 Å². The van der Waals surface area contributed by atoms with Crippen LogP contribution in [0.4, 0.5) is 0 Å². The number of hydrogen-bond acceptors (Lipinski definition) is 4. The molecule has 0 amide bonds. The molecule has 0 aromatic heterocycles. The summed E-state index contributed by atoms with van der Waals surface area (Å²) < 4.78 is 11.0. The van der Waals surface area contributed by atoms with Crippen LogP contribution in [0.3, 0.4) is 0 Å². The Labute approximate surface area is 151 Å². The lowest BCUT2D eigenvalue weighted by Gasteiger charge is -2.25. The molecule has 0 radical (unpaired) electrons. The van der Waals surface area contributed by atoms with Gasteiger partial charge in [-0.3, -0.25) is 4.90 Å². The average molecular weight is 343 g/mol. The predicted octanol–water partition coefficient (Wildman–Crippen LogP) is 3.19. The number of ether oxygens (including phenoxy) is 2. The van der Waals surface area contributed by atoms with Crippen molar-refractivity contribution in [1.82, 2.24) is 4.90 Å². The predicted molar refractivity (Wildman–Crippen MR) is 101 cm³/mol. The Morgan fingerprint density at radius 2 is 1.68 bits per heavy atom. The number of nitrogens with zero attached hydrogens (tertiary/aromatic N) is 1. The first kappa shape index (κ1) is 19.4. The molecule has 0 heterocycles. The Hall–Kier alpha value is -1.88. The summed E-state index contributed by atoms with van der Waals surface area (Å²) in [6.45, 7) is 7.14. The zero-order chi connectivity index (χ0) is 18.1. The van der Waals surface area contributed by atoms with E-state index in [0.717, 1.165) is 24.4 Å². The summed E-state index contributed by atoms with van der Waals surface area (Å²) in [6, 6.07) is 16.2. The highest BCUT2D eigenvalue weighted by atomic mass is 16.5. The van der Waals surface area contributed by atoms with E-state index in [1.54, 1.807) is 7.11 Å². The molecule has 4 heteroatoms. The van der Waals surface area contributed by atoms with Crippen LogP contribution in [0.15, 0.2) is 48.5 Å². The monoisotopic (exact) mass is 343 g/mol. The summed E-state index contributed by atoms with van der Waals surface area (Å²) in [4.78, 5) is 2.21. The average Bonchev–Trinajstić information content (AvgIpc) is 2.61. The van der Waals surface area contributed by atoms with Gasteiger partial charge in [0.1, 0.15) is 18.5 Å². The quantitative estimate of drug-likeness (QED) is 0.719. The molecule has 1 N–H and O–H groups in total. The number of aliphatic hydroxyl groups excluding tert-OH is 1. The van der Waals surface area contributed by atoms with Crippen molar-refractivity contribution >= 4 is 0 Å². The summed E-state index contributed by atoms with van der Waals surface area (Å²) in [5, 5.41) is 10.4. The molecule has 0 bridgehead atoms. The minimum Gasteiger partial charge on any atom is -0.491 e. The third kappa shape index (κ3) is 6.50. The molecular weight excluding hydrogens is 314 g/mol. The van der Waals surface area contributed by atoms with Gasteiger partial charge in [-0.05, 0) is 36.6 Å². The van der Waals surface area contributed by atoms with E-state index >= 15 is 0 Å². The number of hydrogen-bond donors (Lipinski definition) is 1. The first-order chi connectivity index (χ1) is 12.1. The van der Waals surface area contributed by atoms with Crippen LogP contribution in [0.1, 0.15) is 16.7 Å². The van der Waals surface area contributed by atoms with Crippen LogP contribution in [0, 0.1) is 13.8 Å². The Morgan fingerprint density at radius 1 is 1.00 bits per heavy atom. The van der Waals surface area contributed by atoms with Crippen molar-refractivity contribution in [2.24, 2.45) is 0 Å². The highest BCUT2D eigenvalue weighted by molar-refractivity contribution is 5.31. The molecule has 0 saturated heterocycles. The molecule has 136 valence electrons. The standard InChI is InChI=1S/C21H29NO3/c1-17-8-4-6-10-19(17)14-22(12-13-24-3)15-20(23)16-25-21-11-7-5-9-18(21)2/h4-11,20,23H,12-16H2,1-3H3. The number of methoxy groups -OCH3 is 1. The van der Waals surface area contributed by atoms with Gasteiger partial charge in [-0.2, -0.15) is 0 Å². The lowest BCUT2D eigenvalue weighted by molar-refractivity contribution is 0.0540. The van der Waals surface area contributed by atoms with Crippen molar-refractivity contribution < 1.29 is 14.6 Å². The van der Waals surface area contributed by atoms with E-state index in [-0.39, 0.29) is 6.61 Å². The van der Waals surface area contributed by atoms with Crippen molar-refractivity contribution in [3.63, 3.8) is 0 Å². The smallest absolute Gasteiger partial charge is 0.122 e. The molecule has 1 atom stereocenters. The van der Waals surface area contributed by atoms with Gasteiger partial charge in [0, 0.05) is 26.7 Å². The molecule has 0 aliphatic carbocycles. The third-order valence-corrected chi connectivity index (χ3v) is 4.26. The topological polar surface area (TPSA) is 41.9 Å². The lowest BCUT2D eigenvalue weighted by Crippen LogP contribution is -2.37. The van der Waals surface area contributed by atoms with Crippen LogP contribution in [-0.2, 0) is 11.3 Å². The van der Waals surface area contributed by atoms with E-state index in [1.165, 1.54) is 11.1 Å². The first-order valence-electron chi connectivity index (χ1n) is 8.72. The fourth-order valence-corrected chi connectivity index (χ4v) is 2.74. The Kier molecular flexibility index (Phi) is 7.92. The molecule has 2 rings (SSSR count). The summed E-state index contributed by atoms with van der Waals surface area (Å²) >= 11 is 0. The second-order valence-corrected chi connectivity index (χ2v) is 6.38. The molecule has 4 nitrogen and oxygen atoms in total. The second kappa shape index (κ2) is 10.2. The van der Waals surface area contributed by atoms with Crippen LogP contribution in [0.5, 0.6) is 5.75 Å². The van der Waals surface area contributed by atoms with Crippen LogP contribution in [-0.4, -0.2) is 49.5 Å². The number of aliphatic hydroxyl groups is 1. The molecule has 0 aliphatic rings. The SMILES string of the molecule is COCCN(Cc1ccccc1C)CC(O)COc1ccccc1C. The molecule has 2 aromatic rings. The summed E-state index contributed by atoms with van der Waals surface area (Å²) in [6.07, 6.45) is -0.555. The number of para-hydroxylation sites is 1. The van der Waals surface area contributed by atoms with Crippen LogP contribution in [0.2, 0.25) is 0 Å². The van der Waals surface area contributed by atoms with Gasteiger partial charge in [0.05, 0.1) is 6.61 Å². The van der Waals surface area contributed by atoms with Crippen molar-refractivity contribution in [2.45, 2.75) is 26.5 Å². The number of aryl methyl sites for hydroxylation is 2. The molecule has 25 heavy (non-hydrogen) atoms. The normalized spacial score (nSPS) is 12.4. The maximum Gasteiger partial charge on any atom is 0.122 e. The van der Waals surface area contributed by atoms with E-state index in [9.17, 15) is 5.11 Å². The van der Waals surface area contributed by atoms with Crippen molar-refractivity contribution in [1.29, 1.82) is 0 Å². The summed E-state index contributed by atoms with van der Waals surface area (Å²) in [5.74, 6) is 0.823. The highest BCUT2D eigenvalue weighted by Crippen LogP contribution is 2.16. The van der Waals surface area contributed by atoms with E-state index in [1.807, 2.05) is 37.3 Å². The second-order valence-electron chi connectivity index (χ2n) is 6.38. The molecule has 2 aromatic carbocycles. The molecule has 1 unspecified atom stereocenters. The minimum absolute atomic E-state index is 0.280. The Morgan fingerprint density at radius 3 is 2.36 bits per heavy atom. The maximum absolute atomic E-state index is 10.4. The van der Waals surface area contributed by atoms with Crippen molar-refractivity contribution in [2.75, 3.05) is 33.4 Å². The molecule has 0 spiro atoms. The van der Waals surface area contributed by atoms with Gasteiger partial charge < -0.3 is 14.6 Å². The number of benzene rings is 2. The summed E-state index contributed by atoms with van der Waals surface area (Å²) in [7, 11) is 1.70. The van der Waals surface area contributed by atoms with E-state index in [2.05, 4.69) is 30.0 Å². The van der Waals surface area contributed by atoms with Crippen LogP contribution in [0.25, 0.3) is 0 Å². The van der Waals surface area contributed by atoms with E-state index in [4.69, 9.17) is 9.47 Å².